The van der Waals surface area contributed by atoms with Gasteiger partial charge in [-0.05, 0) is 24.7 Å². The lowest BCUT2D eigenvalue weighted by Gasteiger charge is -2.31. The van der Waals surface area contributed by atoms with Gasteiger partial charge in [0.2, 0.25) is 5.75 Å². The van der Waals surface area contributed by atoms with E-state index in [0.29, 0.717) is 35.9 Å². The molecule has 0 saturated heterocycles. The van der Waals surface area contributed by atoms with E-state index < -0.39 is 21.9 Å². The monoisotopic (exact) mass is 266 g/mol. The predicted molar refractivity (Wildman–Crippen MR) is 70.4 cm³/mol. The topological polar surface area (TPSA) is 96.2 Å². The van der Waals surface area contributed by atoms with E-state index in [1.165, 1.54) is 0 Å². The third-order valence-electron chi connectivity index (χ3n) is 4.18. The molecule has 6 nitrogen and oxygen atoms in total. The van der Waals surface area contributed by atoms with Crippen LogP contribution in [0.5, 0.6) is 5.75 Å². The number of nitrogens with one attached hydrogen (secondary N) is 1. The number of hydrogen-bond donors (Lipinski definition) is 2. The van der Waals surface area contributed by atoms with E-state index in [-0.39, 0.29) is 0 Å². The van der Waals surface area contributed by atoms with Crippen LogP contribution in [0.25, 0.3) is 0 Å². The largest absolute Gasteiger partial charge is 0.502 e. The van der Waals surface area contributed by atoms with Gasteiger partial charge in [-0.2, -0.15) is 0 Å². The van der Waals surface area contributed by atoms with Gasteiger partial charge in [-0.1, -0.05) is 26.7 Å². The van der Waals surface area contributed by atoms with Crippen LogP contribution in [0.2, 0.25) is 0 Å². The minimum Gasteiger partial charge on any atom is -0.502 e. The Bertz CT molecular complexity index is 564. The zero-order valence-corrected chi connectivity index (χ0v) is 11.1. The van der Waals surface area contributed by atoms with Gasteiger partial charge in [0.25, 0.3) is 0 Å². The molecule has 2 rings (SSSR count). The first-order chi connectivity index (χ1) is 8.99. The fourth-order valence-corrected chi connectivity index (χ4v) is 3.04. The molecule has 1 aliphatic carbocycles. The Morgan fingerprint density at radius 3 is 2.42 bits per heavy atom. The maximum Gasteiger partial charge on any atom is 0.375 e. The van der Waals surface area contributed by atoms with Gasteiger partial charge in [-0.3, -0.25) is 14.9 Å². The minimum absolute atomic E-state index is 0.397. The SMILES string of the molecule is CCC1Cc2[nH]c(=O)c([N+](=O)[O-])c(O)c2CC1CC. The molecule has 1 aromatic heterocycles. The minimum atomic E-state index is -0.818. The van der Waals surface area contributed by atoms with Crippen LogP contribution in [-0.2, 0) is 12.8 Å². The molecule has 1 heterocycles. The Morgan fingerprint density at radius 1 is 1.32 bits per heavy atom. The molecule has 0 saturated carbocycles. The highest BCUT2D eigenvalue weighted by atomic mass is 16.6. The van der Waals surface area contributed by atoms with Crippen LogP contribution >= 0.6 is 0 Å². The summed E-state index contributed by atoms with van der Waals surface area (Å²) in [7, 11) is 0. The van der Waals surface area contributed by atoms with Crippen molar-refractivity contribution < 1.29 is 10.0 Å². The van der Waals surface area contributed by atoms with Gasteiger partial charge in [-0.15, -0.1) is 0 Å². The number of fused-ring (bicyclic) bond motifs is 1. The summed E-state index contributed by atoms with van der Waals surface area (Å²) in [4.78, 5) is 24.2. The highest BCUT2D eigenvalue weighted by molar-refractivity contribution is 5.51. The zero-order valence-electron chi connectivity index (χ0n) is 11.1. The van der Waals surface area contributed by atoms with Gasteiger partial charge in [0.1, 0.15) is 0 Å². The van der Waals surface area contributed by atoms with E-state index in [1.807, 2.05) is 0 Å². The first kappa shape index (κ1) is 13.6. The van der Waals surface area contributed by atoms with Crippen molar-refractivity contribution in [1.29, 1.82) is 0 Å². The first-order valence-corrected chi connectivity index (χ1v) is 6.60. The summed E-state index contributed by atoms with van der Waals surface area (Å²) in [6.45, 7) is 4.18. The van der Waals surface area contributed by atoms with Crippen molar-refractivity contribution in [2.24, 2.45) is 11.8 Å². The van der Waals surface area contributed by atoms with Crippen molar-refractivity contribution in [3.05, 3.63) is 31.7 Å². The molecule has 0 fully saturated rings. The van der Waals surface area contributed by atoms with Crippen molar-refractivity contribution in [2.75, 3.05) is 0 Å². The Labute approximate surface area is 110 Å². The van der Waals surface area contributed by atoms with Crippen LogP contribution < -0.4 is 5.56 Å². The molecular formula is C13H18N2O4. The van der Waals surface area contributed by atoms with E-state index >= 15 is 0 Å². The molecular weight excluding hydrogens is 248 g/mol. The number of H-pyrrole nitrogens is 1. The summed E-state index contributed by atoms with van der Waals surface area (Å²) in [5, 5.41) is 20.8. The molecule has 2 atom stereocenters. The van der Waals surface area contributed by atoms with Crippen LogP contribution in [-0.4, -0.2) is 15.0 Å². The number of nitrogens with zero attached hydrogens (tertiary/aromatic N) is 1. The Kier molecular flexibility index (Phi) is 3.59. The van der Waals surface area contributed by atoms with Gasteiger partial charge in [0.05, 0.1) is 4.92 Å². The highest BCUT2D eigenvalue weighted by Crippen LogP contribution is 2.38. The first-order valence-electron chi connectivity index (χ1n) is 6.60. The fraction of sp³-hybridized carbons (Fsp3) is 0.615. The molecule has 0 bridgehead atoms. The second kappa shape index (κ2) is 5.03. The summed E-state index contributed by atoms with van der Waals surface area (Å²) in [5.74, 6) is 0.402. The summed E-state index contributed by atoms with van der Waals surface area (Å²) in [6, 6.07) is 0. The Morgan fingerprint density at radius 2 is 1.89 bits per heavy atom. The van der Waals surface area contributed by atoms with Gasteiger partial charge in [0, 0.05) is 11.3 Å². The molecule has 1 aromatic rings. The number of aromatic hydroxyl groups is 1. The van der Waals surface area contributed by atoms with Crippen molar-refractivity contribution in [2.45, 2.75) is 39.5 Å². The molecule has 0 amide bonds. The number of aromatic nitrogens is 1. The van der Waals surface area contributed by atoms with Gasteiger partial charge in [-0.25, -0.2) is 0 Å². The van der Waals surface area contributed by atoms with E-state index in [9.17, 15) is 20.0 Å². The second-order valence-electron chi connectivity index (χ2n) is 5.11. The molecule has 19 heavy (non-hydrogen) atoms. The number of rotatable bonds is 3. The van der Waals surface area contributed by atoms with Crippen molar-refractivity contribution in [1.82, 2.24) is 4.98 Å². The molecule has 0 radical (unpaired) electrons. The molecule has 0 spiro atoms. The molecule has 0 aromatic carbocycles. The number of pyridine rings is 1. The number of hydrogen-bond acceptors (Lipinski definition) is 4. The van der Waals surface area contributed by atoms with Crippen molar-refractivity contribution in [3.8, 4) is 5.75 Å². The van der Waals surface area contributed by atoms with Crippen molar-refractivity contribution in [3.63, 3.8) is 0 Å². The zero-order chi connectivity index (χ0) is 14.2. The molecule has 0 aliphatic heterocycles. The summed E-state index contributed by atoms with van der Waals surface area (Å²) in [6.07, 6.45) is 3.22. The average molecular weight is 266 g/mol. The van der Waals surface area contributed by atoms with Crippen LogP contribution in [0.1, 0.15) is 37.9 Å². The normalized spacial score (nSPS) is 22.0. The predicted octanol–water partition coefficient (Wildman–Crippen LogP) is 2.14. The number of aromatic amines is 1. The van der Waals surface area contributed by atoms with E-state index in [2.05, 4.69) is 18.8 Å². The molecule has 2 N–H and O–H groups in total. The summed E-state index contributed by atoms with van der Waals surface area (Å²) in [5.41, 5.74) is -0.345. The van der Waals surface area contributed by atoms with Crippen LogP contribution in [0.4, 0.5) is 5.69 Å². The third-order valence-corrected chi connectivity index (χ3v) is 4.18. The van der Waals surface area contributed by atoms with E-state index in [0.717, 1.165) is 12.8 Å². The lowest BCUT2D eigenvalue weighted by molar-refractivity contribution is -0.387. The summed E-state index contributed by atoms with van der Waals surface area (Å²) >= 11 is 0. The Balaban J connectivity index is 2.55. The number of nitro groups is 1. The third kappa shape index (κ3) is 2.22. The maximum absolute atomic E-state index is 11.6. The molecule has 1 aliphatic rings. The lowest BCUT2D eigenvalue weighted by atomic mass is 9.75. The summed E-state index contributed by atoms with van der Waals surface area (Å²) < 4.78 is 0. The van der Waals surface area contributed by atoms with E-state index in [4.69, 9.17) is 0 Å². The van der Waals surface area contributed by atoms with Crippen LogP contribution in [0.15, 0.2) is 4.79 Å². The van der Waals surface area contributed by atoms with Crippen LogP contribution in [0.3, 0.4) is 0 Å². The quantitative estimate of drug-likeness (QED) is 0.647. The Hall–Kier alpha value is -1.85. The molecule has 6 heteroatoms. The lowest BCUT2D eigenvalue weighted by Crippen LogP contribution is -2.28. The molecule has 2 unspecified atom stereocenters. The van der Waals surface area contributed by atoms with Gasteiger partial charge < -0.3 is 10.1 Å². The second-order valence-corrected chi connectivity index (χ2v) is 5.11. The average Bonchev–Trinajstić information content (AvgIpc) is 2.36. The van der Waals surface area contributed by atoms with Gasteiger partial charge in [0.15, 0.2) is 0 Å². The van der Waals surface area contributed by atoms with E-state index in [1.54, 1.807) is 0 Å². The van der Waals surface area contributed by atoms with Crippen molar-refractivity contribution >= 4 is 5.69 Å². The standard InChI is InChI=1S/C13H18N2O4/c1-3-7-5-9-10(6-8(7)4-2)14-13(17)11(12(9)16)15(18)19/h7-8H,3-6H2,1-2H3,(H2,14,16,17). The maximum atomic E-state index is 11.6. The molecule has 104 valence electrons. The smallest absolute Gasteiger partial charge is 0.375 e. The highest BCUT2D eigenvalue weighted by Gasteiger charge is 2.33. The van der Waals surface area contributed by atoms with Gasteiger partial charge >= 0.3 is 11.2 Å². The fourth-order valence-electron chi connectivity index (χ4n) is 3.04. The van der Waals surface area contributed by atoms with Crippen LogP contribution in [0, 0.1) is 22.0 Å².